The van der Waals surface area contributed by atoms with Crippen LogP contribution >= 0.6 is 11.6 Å². The molecule has 0 amide bonds. The molecular weight excluding hydrogens is 492 g/mol. The van der Waals surface area contributed by atoms with Crippen LogP contribution in [0.2, 0.25) is 5.02 Å². The molecule has 3 rings (SSSR count). The van der Waals surface area contributed by atoms with Crippen LogP contribution < -0.4 is 15.2 Å². The van der Waals surface area contributed by atoms with Gasteiger partial charge in [-0.15, -0.1) is 0 Å². The monoisotopic (exact) mass is 522 g/mol. The van der Waals surface area contributed by atoms with Gasteiger partial charge in [-0.05, 0) is 68.0 Å². The molecule has 0 unspecified atom stereocenters. The summed E-state index contributed by atoms with van der Waals surface area (Å²) < 4.78 is 44.5. The third-order valence-electron chi connectivity index (χ3n) is 5.65. The number of nitrogens with two attached hydrogens (primary N) is 1. The molecule has 0 spiro atoms. The lowest BCUT2D eigenvalue weighted by molar-refractivity contribution is 0.0530. The predicted molar refractivity (Wildman–Crippen MR) is 135 cm³/mol. The van der Waals surface area contributed by atoms with Crippen molar-refractivity contribution in [3.63, 3.8) is 0 Å². The Morgan fingerprint density at radius 3 is 2.46 bits per heavy atom. The topological polar surface area (TPSA) is 107 Å². The van der Waals surface area contributed by atoms with Crippen LogP contribution in [0.5, 0.6) is 5.75 Å². The maximum atomic E-state index is 12.6. The average molecular weight is 523 g/mol. The molecule has 0 fully saturated rings. The zero-order valence-electron chi connectivity index (χ0n) is 19.9. The van der Waals surface area contributed by atoms with Gasteiger partial charge >= 0.3 is 0 Å². The summed E-state index contributed by atoms with van der Waals surface area (Å²) in [5, 5.41) is 0.488. The fraction of sp³-hybridized carbons (Fsp3) is 0.458. The fourth-order valence-corrected chi connectivity index (χ4v) is 5.15. The number of hydrogen-bond donors (Lipinski definition) is 2. The van der Waals surface area contributed by atoms with E-state index in [1.165, 1.54) is 12.1 Å². The highest BCUT2D eigenvalue weighted by Crippen LogP contribution is 2.43. The molecule has 0 bridgehead atoms. The number of benzene rings is 2. The van der Waals surface area contributed by atoms with Crippen molar-refractivity contribution < 1.29 is 22.6 Å². The van der Waals surface area contributed by atoms with E-state index in [0.29, 0.717) is 49.2 Å². The van der Waals surface area contributed by atoms with Crippen molar-refractivity contribution >= 4 is 27.3 Å². The van der Waals surface area contributed by atoms with Crippen LogP contribution in [0, 0.1) is 6.57 Å². The lowest BCUT2D eigenvalue weighted by Gasteiger charge is -2.27. The molecule has 1 aliphatic rings. The van der Waals surface area contributed by atoms with Crippen molar-refractivity contribution in [1.29, 1.82) is 0 Å². The minimum Gasteiger partial charge on any atom is -0.484 e. The summed E-state index contributed by atoms with van der Waals surface area (Å²) in [7, 11) is 0.240. The van der Waals surface area contributed by atoms with E-state index in [1.54, 1.807) is 18.2 Å². The maximum absolute atomic E-state index is 12.6. The molecule has 1 aliphatic carbocycles. The first-order valence-corrected chi connectivity index (χ1v) is 13.1. The number of rotatable bonds is 13. The largest absolute Gasteiger partial charge is 0.484 e. The number of sulfonamides is 1. The second kappa shape index (κ2) is 12.6. The van der Waals surface area contributed by atoms with E-state index in [0.717, 1.165) is 11.1 Å². The van der Waals surface area contributed by atoms with Crippen LogP contribution in [0.3, 0.4) is 0 Å². The first kappa shape index (κ1) is 27.4. The Morgan fingerprint density at radius 2 is 1.83 bits per heavy atom. The standard InChI is InChI=1S/C24H31ClN4O5S/c1-27-22-15-17(25)14-21-20(22)16-23(29(2)3)24(21)34-18-4-6-19(7-5-18)35(30,31)28-9-11-33-13-12-32-10-8-26/h4-7,14-15,23-24,28H,8-13,16,26H2,2-3H3/t23-,24-/m0/s1. The molecule has 0 aromatic heterocycles. The van der Waals surface area contributed by atoms with Gasteiger partial charge in [-0.1, -0.05) is 11.6 Å². The molecule has 0 heterocycles. The van der Waals surface area contributed by atoms with Gasteiger partial charge in [-0.3, -0.25) is 0 Å². The van der Waals surface area contributed by atoms with E-state index >= 15 is 0 Å². The molecule has 0 saturated carbocycles. The molecule has 3 N–H and O–H groups in total. The van der Waals surface area contributed by atoms with Gasteiger partial charge in [0.1, 0.15) is 11.9 Å². The summed E-state index contributed by atoms with van der Waals surface area (Å²) in [4.78, 5) is 5.81. The summed E-state index contributed by atoms with van der Waals surface area (Å²) in [5.74, 6) is 0.527. The number of likely N-dealkylation sites (N-methyl/N-ethyl adjacent to an activating group) is 1. The molecule has 0 radical (unpaired) electrons. The quantitative estimate of drug-likeness (QED) is 0.307. The summed E-state index contributed by atoms with van der Waals surface area (Å²) in [6.45, 7) is 9.56. The highest BCUT2D eigenvalue weighted by molar-refractivity contribution is 7.89. The number of nitrogens with one attached hydrogen (secondary N) is 1. The Labute approximate surface area is 212 Å². The van der Waals surface area contributed by atoms with Gasteiger partial charge < -0.3 is 24.8 Å². The molecule has 11 heteroatoms. The SMILES string of the molecule is [C-]#[N+]c1cc(Cl)cc2c1C[C@H](N(C)C)[C@H]2Oc1ccc(S(=O)(=O)NCCOCCOCCN)cc1. The molecule has 0 aliphatic heterocycles. The Balaban J connectivity index is 1.63. The molecular formula is C24H31ClN4O5S. The zero-order valence-corrected chi connectivity index (χ0v) is 21.4. The Morgan fingerprint density at radius 1 is 1.14 bits per heavy atom. The Bertz CT molecular complexity index is 1140. The lowest BCUT2D eigenvalue weighted by Crippen LogP contribution is -2.34. The van der Waals surface area contributed by atoms with Crippen LogP contribution in [-0.4, -0.2) is 73.0 Å². The smallest absolute Gasteiger partial charge is 0.240 e. The summed E-state index contributed by atoms with van der Waals surface area (Å²) in [6.07, 6.45) is 0.324. The van der Waals surface area contributed by atoms with E-state index in [2.05, 4.69) is 14.5 Å². The third kappa shape index (κ3) is 7.15. The van der Waals surface area contributed by atoms with Crippen molar-refractivity contribution in [2.45, 2.75) is 23.5 Å². The van der Waals surface area contributed by atoms with Gasteiger partial charge in [0.25, 0.3) is 0 Å². The van der Waals surface area contributed by atoms with Crippen molar-refractivity contribution in [3.05, 3.63) is 64.0 Å². The van der Waals surface area contributed by atoms with E-state index < -0.39 is 10.0 Å². The van der Waals surface area contributed by atoms with Crippen molar-refractivity contribution in [2.75, 3.05) is 53.6 Å². The van der Waals surface area contributed by atoms with Gasteiger partial charge in [0, 0.05) is 18.1 Å². The van der Waals surface area contributed by atoms with E-state index in [4.69, 9.17) is 38.1 Å². The van der Waals surface area contributed by atoms with Crippen molar-refractivity contribution in [1.82, 2.24) is 9.62 Å². The number of fused-ring (bicyclic) bond motifs is 1. The Kier molecular flexibility index (Phi) is 9.89. The van der Waals surface area contributed by atoms with Gasteiger partial charge in [0.2, 0.25) is 10.0 Å². The first-order chi connectivity index (χ1) is 16.8. The molecule has 9 nitrogen and oxygen atoms in total. The van der Waals surface area contributed by atoms with Crippen LogP contribution in [0.25, 0.3) is 4.85 Å². The lowest BCUT2D eigenvalue weighted by atomic mass is 10.1. The molecule has 2 aromatic carbocycles. The predicted octanol–water partition coefficient (Wildman–Crippen LogP) is 2.77. The Hall–Kier alpha value is -2.23. The van der Waals surface area contributed by atoms with Gasteiger partial charge in [0.15, 0.2) is 5.69 Å². The van der Waals surface area contributed by atoms with Crippen molar-refractivity contribution in [2.24, 2.45) is 5.73 Å². The molecule has 2 atom stereocenters. The third-order valence-corrected chi connectivity index (χ3v) is 7.34. The second-order valence-corrected chi connectivity index (χ2v) is 10.5. The number of ether oxygens (including phenoxy) is 3. The first-order valence-electron chi connectivity index (χ1n) is 11.2. The highest BCUT2D eigenvalue weighted by Gasteiger charge is 2.37. The molecule has 0 saturated heterocycles. The fourth-order valence-electron chi connectivity index (χ4n) is 3.92. The van der Waals surface area contributed by atoms with Gasteiger partial charge in [0.05, 0.1) is 43.9 Å². The van der Waals surface area contributed by atoms with Crippen LogP contribution in [0.15, 0.2) is 41.3 Å². The number of nitrogens with zero attached hydrogens (tertiary/aromatic N) is 2. The molecule has 35 heavy (non-hydrogen) atoms. The second-order valence-electron chi connectivity index (χ2n) is 8.26. The maximum Gasteiger partial charge on any atom is 0.240 e. The van der Waals surface area contributed by atoms with Gasteiger partial charge in [-0.2, -0.15) is 0 Å². The van der Waals surface area contributed by atoms with E-state index in [-0.39, 0.29) is 30.2 Å². The minimum atomic E-state index is -3.69. The van der Waals surface area contributed by atoms with E-state index in [9.17, 15) is 8.42 Å². The van der Waals surface area contributed by atoms with Gasteiger partial charge in [-0.25, -0.2) is 18.0 Å². The minimum absolute atomic E-state index is 0.00903. The van der Waals surface area contributed by atoms with Crippen molar-refractivity contribution in [3.8, 4) is 5.75 Å². The van der Waals surface area contributed by atoms with Crippen LogP contribution in [0.4, 0.5) is 5.69 Å². The van der Waals surface area contributed by atoms with E-state index in [1.807, 2.05) is 20.2 Å². The molecule has 190 valence electrons. The highest BCUT2D eigenvalue weighted by atomic mass is 35.5. The summed E-state index contributed by atoms with van der Waals surface area (Å²) >= 11 is 6.26. The summed E-state index contributed by atoms with van der Waals surface area (Å²) in [5.41, 5.74) is 7.68. The average Bonchev–Trinajstić information content (AvgIpc) is 3.19. The normalized spacial score (nSPS) is 17.4. The molecule has 2 aromatic rings. The van der Waals surface area contributed by atoms with Crippen LogP contribution in [0.1, 0.15) is 17.2 Å². The number of hydrogen-bond acceptors (Lipinski definition) is 7. The number of halogens is 1. The summed E-state index contributed by atoms with van der Waals surface area (Å²) in [6, 6.07) is 9.79. The van der Waals surface area contributed by atoms with Crippen LogP contribution in [-0.2, 0) is 25.9 Å². The zero-order chi connectivity index (χ0) is 25.4.